The SMILES string of the molecule is O[C@@H]1[C@H](OC23CC4CC(CC(C4)C2)C3)O[C@@H]2CO[C@@H](c3ccccc3)O[C@H]2[C@@H]1OCc1ccccc1. The molecule has 2 saturated heterocycles. The lowest BCUT2D eigenvalue weighted by molar-refractivity contribution is -0.385. The first-order chi connectivity index (χ1) is 17.6. The largest absolute Gasteiger partial charge is 0.385 e. The number of aliphatic hydroxyl groups is 1. The lowest BCUT2D eigenvalue weighted by atomic mass is 9.54. The molecule has 2 aliphatic heterocycles. The van der Waals surface area contributed by atoms with Gasteiger partial charge in [0, 0.05) is 5.56 Å². The van der Waals surface area contributed by atoms with Gasteiger partial charge in [0.05, 0.1) is 18.8 Å². The van der Waals surface area contributed by atoms with E-state index >= 15 is 0 Å². The minimum absolute atomic E-state index is 0.180. The van der Waals surface area contributed by atoms with Crippen molar-refractivity contribution in [3.8, 4) is 0 Å². The molecule has 36 heavy (non-hydrogen) atoms. The highest BCUT2D eigenvalue weighted by atomic mass is 16.8. The van der Waals surface area contributed by atoms with Crippen LogP contribution in [0.15, 0.2) is 60.7 Å². The first-order valence-corrected chi connectivity index (χ1v) is 13.6. The fourth-order valence-electron chi connectivity index (χ4n) is 7.82. The minimum Gasteiger partial charge on any atom is -0.385 e. The predicted octanol–water partition coefficient (Wildman–Crippen LogP) is 4.76. The van der Waals surface area contributed by atoms with E-state index in [-0.39, 0.29) is 11.7 Å². The Hall–Kier alpha value is -1.80. The molecular formula is C30H36O6. The van der Waals surface area contributed by atoms with Gasteiger partial charge in [0.15, 0.2) is 12.6 Å². The zero-order valence-corrected chi connectivity index (χ0v) is 20.6. The van der Waals surface area contributed by atoms with Gasteiger partial charge in [0.25, 0.3) is 0 Å². The second-order valence-corrected chi connectivity index (χ2v) is 11.7. The summed E-state index contributed by atoms with van der Waals surface area (Å²) in [5.41, 5.74) is 1.82. The van der Waals surface area contributed by atoms with Crippen molar-refractivity contribution in [3.05, 3.63) is 71.8 Å². The second-order valence-electron chi connectivity index (χ2n) is 11.7. The molecule has 6 fully saturated rings. The summed E-state index contributed by atoms with van der Waals surface area (Å²) in [6, 6.07) is 19.9. The quantitative estimate of drug-likeness (QED) is 0.628. The Morgan fingerprint density at radius 3 is 2.14 bits per heavy atom. The molecule has 1 N–H and O–H groups in total. The molecule has 4 saturated carbocycles. The van der Waals surface area contributed by atoms with Crippen LogP contribution in [0.3, 0.4) is 0 Å². The van der Waals surface area contributed by atoms with Crippen LogP contribution in [-0.4, -0.2) is 48.0 Å². The minimum atomic E-state index is -0.947. The Labute approximate surface area is 212 Å². The number of rotatable bonds is 6. The number of ether oxygens (including phenoxy) is 5. The summed E-state index contributed by atoms with van der Waals surface area (Å²) in [5, 5.41) is 11.6. The Bertz CT molecular complexity index is 993. The third-order valence-corrected chi connectivity index (χ3v) is 9.01. The molecule has 0 unspecified atom stereocenters. The zero-order chi connectivity index (χ0) is 24.1. The summed E-state index contributed by atoms with van der Waals surface area (Å²) in [7, 11) is 0. The van der Waals surface area contributed by atoms with Gasteiger partial charge in [-0.25, -0.2) is 0 Å². The van der Waals surface area contributed by atoms with Gasteiger partial charge >= 0.3 is 0 Å². The third-order valence-electron chi connectivity index (χ3n) is 9.01. The Morgan fingerprint density at radius 2 is 1.47 bits per heavy atom. The molecule has 2 heterocycles. The number of hydrogen-bond acceptors (Lipinski definition) is 6. The molecule has 2 aromatic rings. The third kappa shape index (κ3) is 4.42. The predicted molar refractivity (Wildman–Crippen MR) is 132 cm³/mol. The van der Waals surface area contributed by atoms with Crippen molar-refractivity contribution in [1.82, 2.24) is 0 Å². The van der Waals surface area contributed by atoms with E-state index in [1.807, 2.05) is 60.7 Å². The average Bonchev–Trinajstić information content (AvgIpc) is 2.89. The van der Waals surface area contributed by atoms with E-state index in [2.05, 4.69) is 0 Å². The smallest absolute Gasteiger partial charge is 0.187 e. The highest BCUT2D eigenvalue weighted by Gasteiger charge is 2.56. The Morgan fingerprint density at radius 1 is 0.833 bits per heavy atom. The molecule has 192 valence electrons. The van der Waals surface area contributed by atoms with Gasteiger partial charge in [0.2, 0.25) is 0 Å². The van der Waals surface area contributed by atoms with Crippen LogP contribution in [0.4, 0.5) is 0 Å². The van der Waals surface area contributed by atoms with Crippen LogP contribution >= 0.6 is 0 Å². The first-order valence-electron chi connectivity index (χ1n) is 13.6. The fourth-order valence-corrected chi connectivity index (χ4v) is 7.82. The summed E-state index contributed by atoms with van der Waals surface area (Å²) >= 11 is 0. The second kappa shape index (κ2) is 9.50. The molecule has 4 aliphatic carbocycles. The highest BCUT2D eigenvalue weighted by Crippen LogP contribution is 2.57. The molecular weight excluding hydrogens is 456 g/mol. The fraction of sp³-hybridized carbons (Fsp3) is 0.600. The molecule has 0 aromatic heterocycles. The summed E-state index contributed by atoms with van der Waals surface area (Å²) in [6.07, 6.45) is 3.64. The van der Waals surface area contributed by atoms with Crippen LogP contribution in [-0.2, 0) is 30.3 Å². The van der Waals surface area contributed by atoms with Gasteiger partial charge in [-0.2, -0.15) is 0 Å². The summed E-state index contributed by atoms with van der Waals surface area (Å²) in [6.45, 7) is 0.749. The maximum absolute atomic E-state index is 11.6. The Balaban J connectivity index is 1.12. The van der Waals surface area contributed by atoms with Gasteiger partial charge in [-0.15, -0.1) is 0 Å². The van der Waals surface area contributed by atoms with Crippen molar-refractivity contribution >= 4 is 0 Å². The van der Waals surface area contributed by atoms with Gasteiger partial charge in [-0.05, 0) is 61.8 Å². The standard InChI is InChI=1S/C30H36O6/c31-25-27(32-17-19-7-3-1-4-8-19)26-24(18-33-28(35-26)23-9-5-2-6-10-23)34-29(25)36-30-14-20-11-21(15-30)13-22(12-20)16-30/h1-10,20-22,24-29,31H,11-18H2/t20?,21?,22?,24-,25+,26-,27-,28-,29+,30?/m1/s1. The maximum atomic E-state index is 11.6. The molecule has 6 nitrogen and oxygen atoms in total. The van der Waals surface area contributed by atoms with Gasteiger partial charge < -0.3 is 28.8 Å². The van der Waals surface area contributed by atoms with Gasteiger partial charge in [0.1, 0.15) is 24.4 Å². The van der Waals surface area contributed by atoms with Crippen LogP contribution in [0.2, 0.25) is 0 Å². The number of hydrogen-bond donors (Lipinski definition) is 1. The van der Waals surface area contributed by atoms with Crippen LogP contribution < -0.4 is 0 Å². The number of benzene rings is 2. The van der Waals surface area contributed by atoms with Gasteiger partial charge in [-0.1, -0.05) is 60.7 Å². The van der Waals surface area contributed by atoms with Crippen molar-refractivity contribution in [3.63, 3.8) is 0 Å². The molecule has 0 amide bonds. The van der Waals surface area contributed by atoms with E-state index in [0.717, 1.165) is 48.1 Å². The molecule has 6 atom stereocenters. The van der Waals surface area contributed by atoms with Crippen molar-refractivity contribution in [2.75, 3.05) is 6.61 Å². The van der Waals surface area contributed by atoms with Crippen LogP contribution in [0.1, 0.15) is 55.9 Å². The van der Waals surface area contributed by atoms with Crippen molar-refractivity contribution < 1.29 is 28.8 Å². The van der Waals surface area contributed by atoms with E-state index in [9.17, 15) is 5.11 Å². The zero-order valence-electron chi connectivity index (χ0n) is 20.6. The monoisotopic (exact) mass is 492 g/mol. The molecule has 2 aromatic carbocycles. The average molecular weight is 493 g/mol. The topological polar surface area (TPSA) is 66.4 Å². The van der Waals surface area contributed by atoms with Gasteiger partial charge in [-0.3, -0.25) is 0 Å². The molecule has 0 radical (unpaired) electrons. The molecule has 8 rings (SSSR count). The maximum Gasteiger partial charge on any atom is 0.187 e. The lowest BCUT2D eigenvalue weighted by Crippen LogP contribution is -2.65. The first kappa shape index (κ1) is 23.3. The highest BCUT2D eigenvalue weighted by molar-refractivity contribution is 5.17. The number of fused-ring (bicyclic) bond motifs is 1. The Kier molecular flexibility index (Phi) is 6.15. The van der Waals surface area contributed by atoms with E-state index < -0.39 is 30.9 Å². The lowest BCUT2D eigenvalue weighted by Gasteiger charge is -2.58. The van der Waals surface area contributed by atoms with E-state index in [4.69, 9.17) is 23.7 Å². The van der Waals surface area contributed by atoms with Crippen molar-refractivity contribution in [1.29, 1.82) is 0 Å². The molecule has 6 heteroatoms. The molecule has 0 spiro atoms. The van der Waals surface area contributed by atoms with Crippen LogP contribution in [0, 0.1) is 17.8 Å². The van der Waals surface area contributed by atoms with Crippen LogP contribution in [0.5, 0.6) is 0 Å². The van der Waals surface area contributed by atoms with E-state index in [1.165, 1.54) is 19.3 Å². The summed E-state index contributed by atoms with van der Waals surface area (Å²) in [5.74, 6) is 2.26. The summed E-state index contributed by atoms with van der Waals surface area (Å²) < 4.78 is 32.1. The van der Waals surface area contributed by atoms with Crippen molar-refractivity contribution in [2.45, 2.75) is 87.7 Å². The van der Waals surface area contributed by atoms with Crippen molar-refractivity contribution in [2.24, 2.45) is 17.8 Å². The summed E-state index contributed by atoms with van der Waals surface area (Å²) in [4.78, 5) is 0. The van der Waals surface area contributed by atoms with Crippen LogP contribution in [0.25, 0.3) is 0 Å². The van der Waals surface area contributed by atoms with E-state index in [0.29, 0.717) is 13.2 Å². The number of aliphatic hydroxyl groups excluding tert-OH is 1. The molecule has 4 bridgehead atoms. The normalized spacial score (nSPS) is 43.3. The van der Waals surface area contributed by atoms with E-state index in [1.54, 1.807) is 0 Å². The molecule has 6 aliphatic rings.